The summed E-state index contributed by atoms with van der Waals surface area (Å²) >= 11 is 0. The van der Waals surface area contributed by atoms with Crippen LogP contribution in [0.15, 0.2) is 133 Å². The summed E-state index contributed by atoms with van der Waals surface area (Å²) in [6.45, 7) is 27.4. The third-order valence-electron chi connectivity index (χ3n) is 12.4. The molecule has 0 amide bonds. The molecule has 0 saturated carbocycles. The smallest absolute Gasteiger partial charge is 0.0991 e. The van der Waals surface area contributed by atoms with Crippen LogP contribution in [-0.4, -0.2) is 0 Å². The van der Waals surface area contributed by atoms with E-state index in [1.807, 2.05) is 24.3 Å². The van der Waals surface area contributed by atoms with E-state index in [4.69, 9.17) is 0 Å². The second-order valence-corrected chi connectivity index (χ2v) is 21.0. The number of nitriles is 2. The molecule has 310 valence electrons. The molecule has 8 aromatic carbocycles. The van der Waals surface area contributed by atoms with Gasteiger partial charge in [0.25, 0.3) is 0 Å². The second-order valence-electron chi connectivity index (χ2n) is 21.0. The standard InChI is InChI=1S/C58H58N4/c1-55(2,3)39-17-25-43(26-18-39)61(41-21-13-37(35-59)14-22-41)51-33-49(57(7,8)9)45-30-32-48-52(34-50(58(10,11)12)46-29-31-47(51)53(45)54(46)48)62(42-23-15-38(36-60)16-24-42)44-27-19-40(20-28-44)56(4,5)6/h13-34H,1-12H3. The number of hydrogen-bond donors (Lipinski definition) is 0. The maximum absolute atomic E-state index is 9.81. The Morgan fingerprint density at radius 2 is 0.613 bits per heavy atom. The van der Waals surface area contributed by atoms with Crippen LogP contribution >= 0.6 is 0 Å². The van der Waals surface area contributed by atoms with Crippen LogP contribution in [-0.2, 0) is 21.7 Å². The molecule has 0 bridgehead atoms. The third kappa shape index (κ3) is 7.54. The topological polar surface area (TPSA) is 54.1 Å². The van der Waals surface area contributed by atoms with Gasteiger partial charge in [0.1, 0.15) is 0 Å². The van der Waals surface area contributed by atoms with E-state index in [0.29, 0.717) is 11.1 Å². The van der Waals surface area contributed by atoms with Gasteiger partial charge in [0.05, 0.1) is 34.6 Å². The molecule has 8 rings (SSSR count). The number of hydrogen-bond acceptors (Lipinski definition) is 4. The lowest BCUT2D eigenvalue weighted by Crippen LogP contribution is -2.18. The van der Waals surface area contributed by atoms with E-state index < -0.39 is 0 Å². The Kier molecular flexibility index (Phi) is 10.2. The van der Waals surface area contributed by atoms with E-state index >= 15 is 0 Å². The van der Waals surface area contributed by atoms with E-state index in [9.17, 15) is 10.5 Å². The molecule has 4 heteroatoms. The average molecular weight is 811 g/mol. The van der Waals surface area contributed by atoms with Crippen molar-refractivity contribution in [3.63, 3.8) is 0 Å². The van der Waals surface area contributed by atoms with Crippen molar-refractivity contribution in [3.8, 4) is 12.1 Å². The molecular formula is C58H58N4. The summed E-state index contributed by atoms with van der Waals surface area (Å²) in [4.78, 5) is 4.75. The van der Waals surface area contributed by atoms with Crippen molar-refractivity contribution in [2.75, 3.05) is 9.80 Å². The first-order valence-corrected chi connectivity index (χ1v) is 21.8. The number of anilines is 6. The van der Waals surface area contributed by atoms with Gasteiger partial charge in [-0.15, -0.1) is 0 Å². The Labute approximate surface area is 369 Å². The SMILES string of the molecule is CC(C)(C)c1ccc(N(c2ccc(C#N)cc2)c2cc(C(C)(C)C)c3ccc4c(N(c5ccc(C#N)cc5)c5ccc(C(C)(C)C)cc5)cc(C(C)(C)C)c5ccc2c3c45)cc1. The van der Waals surface area contributed by atoms with E-state index in [1.165, 1.54) is 43.8 Å². The second kappa shape index (κ2) is 15.1. The van der Waals surface area contributed by atoms with Crippen molar-refractivity contribution < 1.29 is 0 Å². The zero-order chi connectivity index (χ0) is 44.5. The fourth-order valence-electron chi connectivity index (χ4n) is 9.01. The van der Waals surface area contributed by atoms with E-state index in [0.717, 1.165) is 44.9 Å². The van der Waals surface area contributed by atoms with Crippen LogP contribution in [0.2, 0.25) is 0 Å². The largest absolute Gasteiger partial charge is 0.310 e. The van der Waals surface area contributed by atoms with Gasteiger partial charge in [0.15, 0.2) is 0 Å². The monoisotopic (exact) mass is 810 g/mol. The van der Waals surface area contributed by atoms with Gasteiger partial charge in [-0.2, -0.15) is 10.5 Å². The fraction of sp³-hybridized carbons (Fsp3) is 0.276. The van der Waals surface area contributed by atoms with Crippen molar-refractivity contribution >= 4 is 66.4 Å². The summed E-state index contributed by atoms with van der Waals surface area (Å²) < 4.78 is 0. The van der Waals surface area contributed by atoms with Gasteiger partial charge in [-0.05, 0) is 150 Å². The van der Waals surface area contributed by atoms with E-state index in [2.05, 4.69) is 214 Å². The summed E-state index contributed by atoms with van der Waals surface area (Å²) in [6.07, 6.45) is 0. The molecule has 0 radical (unpaired) electrons. The Balaban J connectivity index is 1.51. The van der Waals surface area contributed by atoms with E-state index in [1.54, 1.807) is 0 Å². The van der Waals surface area contributed by atoms with Crippen LogP contribution in [0.1, 0.15) is 116 Å². The minimum absolute atomic E-state index is 0.00689. The lowest BCUT2D eigenvalue weighted by Gasteiger charge is -2.34. The van der Waals surface area contributed by atoms with Crippen molar-refractivity contribution in [2.24, 2.45) is 0 Å². The van der Waals surface area contributed by atoms with Crippen LogP contribution in [0.4, 0.5) is 34.1 Å². The van der Waals surface area contributed by atoms with Crippen LogP contribution in [0, 0.1) is 22.7 Å². The Morgan fingerprint density at radius 3 is 0.871 bits per heavy atom. The van der Waals surface area contributed by atoms with Crippen LogP contribution in [0.5, 0.6) is 0 Å². The molecule has 0 saturated heterocycles. The quantitative estimate of drug-likeness (QED) is 0.157. The minimum Gasteiger partial charge on any atom is -0.310 e. The predicted molar refractivity (Wildman–Crippen MR) is 264 cm³/mol. The van der Waals surface area contributed by atoms with Gasteiger partial charge >= 0.3 is 0 Å². The van der Waals surface area contributed by atoms with Crippen molar-refractivity contribution in [2.45, 2.75) is 105 Å². The molecule has 0 aromatic heterocycles. The van der Waals surface area contributed by atoms with Crippen molar-refractivity contribution in [3.05, 3.63) is 167 Å². The number of nitrogens with zero attached hydrogens (tertiary/aromatic N) is 4. The van der Waals surface area contributed by atoms with Crippen LogP contribution < -0.4 is 9.80 Å². The van der Waals surface area contributed by atoms with Gasteiger partial charge in [-0.3, -0.25) is 0 Å². The lowest BCUT2D eigenvalue weighted by atomic mass is 9.77. The Morgan fingerprint density at radius 1 is 0.339 bits per heavy atom. The first-order valence-electron chi connectivity index (χ1n) is 21.8. The molecule has 0 aliphatic carbocycles. The predicted octanol–water partition coefficient (Wildman–Crippen LogP) is 16.5. The third-order valence-corrected chi connectivity index (χ3v) is 12.4. The maximum atomic E-state index is 9.81. The maximum Gasteiger partial charge on any atom is 0.0991 e. The highest BCUT2D eigenvalue weighted by Gasteiger charge is 2.30. The Bertz CT molecular complexity index is 2810. The molecular weight excluding hydrogens is 753 g/mol. The molecule has 0 unspecified atom stereocenters. The molecule has 4 nitrogen and oxygen atoms in total. The molecule has 0 heterocycles. The van der Waals surface area contributed by atoms with Crippen molar-refractivity contribution in [1.29, 1.82) is 10.5 Å². The van der Waals surface area contributed by atoms with E-state index in [-0.39, 0.29) is 21.7 Å². The molecule has 0 N–H and O–H groups in total. The fourth-order valence-corrected chi connectivity index (χ4v) is 9.01. The highest BCUT2D eigenvalue weighted by Crippen LogP contribution is 2.52. The first kappa shape index (κ1) is 42.1. The summed E-state index contributed by atoms with van der Waals surface area (Å²) in [5.74, 6) is 0. The summed E-state index contributed by atoms with van der Waals surface area (Å²) in [5, 5.41) is 26.9. The first-order chi connectivity index (χ1) is 29.2. The summed E-state index contributed by atoms with van der Waals surface area (Å²) in [7, 11) is 0. The van der Waals surface area contributed by atoms with Gasteiger partial charge in [0, 0.05) is 33.5 Å². The minimum atomic E-state index is -0.192. The highest BCUT2D eigenvalue weighted by molar-refractivity contribution is 6.29. The molecule has 0 spiro atoms. The van der Waals surface area contributed by atoms with Crippen molar-refractivity contribution in [1.82, 2.24) is 0 Å². The highest BCUT2D eigenvalue weighted by atomic mass is 15.1. The normalized spacial score (nSPS) is 12.5. The lowest BCUT2D eigenvalue weighted by molar-refractivity contribution is 0.590. The average Bonchev–Trinajstić information content (AvgIpc) is 3.23. The Hall–Kier alpha value is -6.62. The molecule has 0 aliphatic heterocycles. The van der Waals surface area contributed by atoms with Gasteiger partial charge in [-0.1, -0.05) is 132 Å². The number of benzene rings is 8. The molecule has 0 fully saturated rings. The molecule has 0 aliphatic rings. The van der Waals surface area contributed by atoms with Gasteiger partial charge < -0.3 is 9.80 Å². The molecule has 8 aromatic rings. The molecule has 62 heavy (non-hydrogen) atoms. The summed E-state index contributed by atoms with van der Waals surface area (Å²) in [5.41, 5.74) is 12.2. The zero-order valence-electron chi connectivity index (χ0n) is 38.5. The molecule has 0 atom stereocenters. The van der Waals surface area contributed by atoms with Gasteiger partial charge in [0.2, 0.25) is 0 Å². The van der Waals surface area contributed by atoms with Crippen LogP contribution in [0.3, 0.4) is 0 Å². The zero-order valence-corrected chi connectivity index (χ0v) is 38.5. The number of rotatable bonds is 6. The van der Waals surface area contributed by atoms with Gasteiger partial charge in [-0.25, -0.2) is 0 Å². The summed E-state index contributed by atoms with van der Waals surface area (Å²) in [6, 6.07) is 52.7. The van der Waals surface area contributed by atoms with Crippen LogP contribution in [0.25, 0.3) is 32.3 Å².